The summed E-state index contributed by atoms with van der Waals surface area (Å²) in [7, 11) is -3.15. The molecule has 0 radical (unpaired) electrons. The van der Waals surface area contributed by atoms with Gasteiger partial charge in [0.1, 0.15) is 11.5 Å². The fraction of sp³-hybridized carbons (Fsp3) is 0.0182. The van der Waals surface area contributed by atoms with Crippen LogP contribution < -0.4 is 25.6 Å². The molecule has 3 heterocycles. The van der Waals surface area contributed by atoms with Crippen LogP contribution in [0.1, 0.15) is 22.3 Å². The van der Waals surface area contributed by atoms with Crippen LogP contribution in [0.5, 0.6) is 11.5 Å². The van der Waals surface area contributed by atoms with Gasteiger partial charge in [0, 0.05) is 43.8 Å². The van der Waals surface area contributed by atoms with E-state index in [9.17, 15) is 0 Å². The van der Waals surface area contributed by atoms with Crippen molar-refractivity contribution in [3.05, 3.63) is 247 Å². The van der Waals surface area contributed by atoms with Crippen LogP contribution >= 0.6 is 7.14 Å². The minimum atomic E-state index is -3.15. The molecule has 0 fully saturated rings. The molecule has 5 heteroatoms. The molecule has 0 unspecified atom stereocenters. The van der Waals surface area contributed by atoms with Gasteiger partial charge in [-0.3, -0.25) is 0 Å². The maximum Gasteiger partial charge on any atom is 0.171 e. The molecule has 1 spiro atoms. The van der Waals surface area contributed by atoms with Crippen molar-refractivity contribution in [3.63, 3.8) is 0 Å². The van der Waals surface area contributed by atoms with E-state index in [1.54, 1.807) is 0 Å². The average molecular weight is 789 g/mol. The highest BCUT2D eigenvalue weighted by Crippen LogP contribution is 2.64. The normalized spacial score (nSPS) is 13.6. The molecule has 1 aromatic heterocycles. The van der Waals surface area contributed by atoms with Crippen molar-refractivity contribution in [1.29, 1.82) is 0 Å². The highest BCUT2D eigenvalue weighted by atomic mass is 31.2. The third-order valence-electron chi connectivity index (χ3n) is 12.5. The maximum atomic E-state index is 15.3. The number of ether oxygens (including phenoxy) is 1. The van der Waals surface area contributed by atoms with Crippen molar-refractivity contribution < 1.29 is 9.30 Å². The molecular formula is C55H37N2O2P. The molecule has 0 saturated carbocycles. The number of hydrogen-bond donors (Lipinski definition) is 0. The molecule has 12 rings (SSSR count). The Kier molecular flexibility index (Phi) is 7.69. The minimum absolute atomic E-state index is 0.683. The predicted octanol–water partition coefficient (Wildman–Crippen LogP) is 12.7. The summed E-state index contributed by atoms with van der Waals surface area (Å²) in [5, 5.41) is 4.59. The second-order valence-electron chi connectivity index (χ2n) is 15.5. The van der Waals surface area contributed by atoms with Crippen LogP contribution in [-0.2, 0) is 9.98 Å². The molecule has 2 aliphatic rings. The lowest BCUT2D eigenvalue weighted by Crippen LogP contribution is -2.39. The van der Waals surface area contributed by atoms with E-state index in [2.05, 4.69) is 161 Å². The molecule has 0 amide bonds. The predicted molar refractivity (Wildman–Crippen MR) is 247 cm³/mol. The third kappa shape index (κ3) is 4.77. The molecule has 0 saturated heterocycles. The first-order chi connectivity index (χ1) is 29.7. The molecule has 0 N–H and O–H groups in total. The van der Waals surface area contributed by atoms with Gasteiger partial charge in [0.25, 0.3) is 0 Å². The monoisotopic (exact) mass is 788 g/mol. The lowest BCUT2D eigenvalue weighted by Gasteiger charge is -2.48. The number of anilines is 3. The van der Waals surface area contributed by atoms with Crippen LogP contribution in [-0.4, -0.2) is 4.57 Å². The molecule has 10 aromatic rings. The number of aromatic nitrogens is 1. The molecule has 0 aliphatic carbocycles. The van der Waals surface area contributed by atoms with Crippen LogP contribution in [0.25, 0.3) is 27.5 Å². The first kappa shape index (κ1) is 34.6. The van der Waals surface area contributed by atoms with Gasteiger partial charge in [-0.2, -0.15) is 0 Å². The van der Waals surface area contributed by atoms with E-state index in [-0.39, 0.29) is 0 Å². The number of para-hydroxylation sites is 5. The summed E-state index contributed by atoms with van der Waals surface area (Å²) in [6.07, 6.45) is 0. The van der Waals surface area contributed by atoms with Crippen molar-refractivity contribution in [2.45, 2.75) is 5.41 Å². The van der Waals surface area contributed by atoms with Crippen LogP contribution in [0.4, 0.5) is 17.1 Å². The Hall–Kier alpha value is -7.39. The largest absolute Gasteiger partial charge is 0.456 e. The maximum absolute atomic E-state index is 15.3. The molecule has 4 nitrogen and oxygen atoms in total. The van der Waals surface area contributed by atoms with Crippen LogP contribution in [0.2, 0.25) is 0 Å². The summed E-state index contributed by atoms with van der Waals surface area (Å²) in [6, 6.07) is 78.1. The number of rotatable bonds is 5. The van der Waals surface area contributed by atoms with Gasteiger partial charge < -0.3 is 18.8 Å². The SMILES string of the molecule is O=P(c1ccccc1)(c1ccccc1)c1ccc(-n2c3ccccc3c3c4c(ccc32)C2(c3ccccc3O4)c3ccccc3N(c3ccccc3)c3ccccc32)cc1. The van der Waals surface area contributed by atoms with E-state index in [1.807, 2.05) is 72.8 Å². The summed E-state index contributed by atoms with van der Waals surface area (Å²) in [4.78, 5) is 2.40. The Morgan fingerprint density at radius 1 is 0.400 bits per heavy atom. The summed E-state index contributed by atoms with van der Waals surface area (Å²) < 4.78 is 24.8. The second-order valence-corrected chi connectivity index (χ2v) is 18.3. The Morgan fingerprint density at radius 2 is 0.917 bits per heavy atom. The van der Waals surface area contributed by atoms with Crippen molar-refractivity contribution >= 4 is 61.9 Å². The van der Waals surface area contributed by atoms with Gasteiger partial charge in [-0.25, -0.2) is 0 Å². The molecular weight excluding hydrogens is 752 g/mol. The molecule has 9 aromatic carbocycles. The zero-order valence-electron chi connectivity index (χ0n) is 32.5. The standard InChI is InChI=1S/C55H37N2O2P/c58-60(40-20-6-2-7-21-40,41-22-8-3-9-23-41)42-34-32-39(33-35-42)56-48-28-14-10-24-43(48)53-51(56)37-36-47-54(53)59-52-31-17-13-27-46(52)55(47)44-25-11-15-29-49(44)57(38-18-4-1-5-19-38)50-30-16-12-26-45(50)55/h1-37H. The number of hydrogen-bond acceptors (Lipinski definition) is 3. The van der Waals surface area contributed by atoms with Gasteiger partial charge in [0.2, 0.25) is 0 Å². The first-order valence-corrected chi connectivity index (χ1v) is 22.1. The highest BCUT2D eigenvalue weighted by Gasteiger charge is 2.51. The summed E-state index contributed by atoms with van der Waals surface area (Å²) in [5.41, 5.74) is 10.4. The van der Waals surface area contributed by atoms with Crippen LogP contribution in [0.15, 0.2) is 224 Å². The van der Waals surface area contributed by atoms with Crippen molar-refractivity contribution in [3.8, 4) is 17.2 Å². The van der Waals surface area contributed by atoms with Crippen LogP contribution in [0, 0.1) is 0 Å². The van der Waals surface area contributed by atoms with Crippen molar-refractivity contribution in [1.82, 2.24) is 4.57 Å². The third-order valence-corrected chi connectivity index (χ3v) is 15.6. The Bertz CT molecular complexity index is 3230. The van der Waals surface area contributed by atoms with Gasteiger partial charge >= 0.3 is 0 Å². The second kappa shape index (κ2) is 13.3. The first-order valence-electron chi connectivity index (χ1n) is 20.4. The van der Waals surface area contributed by atoms with E-state index >= 15 is 4.57 Å². The minimum Gasteiger partial charge on any atom is -0.456 e. The van der Waals surface area contributed by atoms with Crippen LogP contribution in [0.3, 0.4) is 0 Å². The lowest BCUT2D eigenvalue weighted by molar-refractivity contribution is 0.439. The zero-order chi connectivity index (χ0) is 39.8. The van der Waals surface area contributed by atoms with Gasteiger partial charge in [-0.15, -0.1) is 0 Å². The average Bonchev–Trinajstić information content (AvgIpc) is 3.67. The number of fused-ring (bicyclic) bond motifs is 12. The quantitative estimate of drug-likeness (QED) is 0.163. The number of benzene rings is 9. The summed E-state index contributed by atoms with van der Waals surface area (Å²) >= 11 is 0. The van der Waals surface area contributed by atoms with Gasteiger partial charge in [0.15, 0.2) is 7.14 Å². The van der Waals surface area contributed by atoms with E-state index in [0.29, 0.717) is 0 Å². The Labute approximate surface area is 348 Å². The fourth-order valence-electron chi connectivity index (χ4n) is 10.0. The fourth-order valence-corrected chi connectivity index (χ4v) is 12.7. The molecule has 0 bridgehead atoms. The molecule has 284 valence electrons. The van der Waals surface area contributed by atoms with E-state index in [4.69, 9.17) is 4.74 Å². The van der Waals surface area contributed by atoms with E-state index < -0.39 is 12.6 Å². The Balaban J connectivity index is 1.11. The highest BCUT2D eigenvalue weighted by molar-refractivity contribution is 7.85. The van der Waals surface area contributed by atoms with Gasteiger partial charge in [-0.1, -0.05) is 158 Å². The summed E-state index contributed by atoms with van der Waals surface area (Å²) in [6.45, 7) is 0. The van der Waals surface area contributed by atoms with Crippen molar-refractivity contribution in [2.24, 2.45) is 0 Å². The molecule has 60 heavy (non-hydrogen) atoms. The van der Waals surface area contributed by atoms with Gasteiger partial charge in [-0.05, 0) is 77.9 Å². The van der Waals surface area contributed by atoms with E-state index in [0.717, 1.165) is 83.1 Å². The topological polar surface area (TPSA) is 34.5 Å². The zero-order valence-corrected chi connectivity index (χ0v) is 33.4. The number of nitrogens with zero attached hydrogens (tertiary/aromatic N) is 2. The Morgan fingerprint density at radius 3 is 1.57 bits per heavy atom. The smallest absolute Gasteiger partial charge is 0.171 e. The molecule has 0 atom stereocenters. The van der Waals surface area contributed by atoms with Crippen molar-refractivity contribution in [2.75, 3.05) is 4.90 Å². The summed E-state index contributed by atoms with van der Waals surface area (Å²) in [5.74, 6) is 1.70. The van der Waals surface area contributed by atoms with E-state index in [1.165, 1.54) is 11.1 Å². The lowest BCUT2D eigenvalue weighted by atomic mass is 9.61. The molecule has 2 aliphatic heterocycles. The van der Waals surface area contributed by atoms with Gasteiger partial charge in [0.05, 0.1) is 33.2 Å².